The number of aliphatic hydroxyl groups is 1. The van der Waals surface area contributed by atoms with E-state index in [1.165, 1.54) is 4.90 Å². The minimum atomic E-state index is -0.135. The second kappa shape index (κ2) is 9.01. The molecular weight excluding hydrogens is 254 g/mol. The van der Waals surface area contributed by atoms with E-state index in [2.05, 4.69) is 25.1 Å². The summed E-state index contributed by atoms with van der Waals surface area (Å²) in [7, 11) is 0. The van der Waals surface area contributed by atoms with Crippen molar-refractivity contribution >= 4 is 11.8 Å². The van der Waals surface area contributed by atoms with Gasteiger partial charge in [0.15, 0.2) is 0 Å². The van der Waals surface area contributed by atoms with E-state index < -0.39 is 0 Å². The van der Waals surface area contributed by atoms with Crippen molar-refractivity contribution in [2.24, 2.45) is 0 Å². The zero-order chi connectivity index (χ0) is 14.1. The molecule has 1 aromatic rings. The van der Waals surface area contributed by atoms with Gasteiger partial charge in [-0.25, -0.2) is 0 Å². The highest BCUT2D eigenvalue weighted by Gasteiger charge is 2.04. The van der Waals surface area contributed by atoms with Crippen LogP contribution in [0.5, 0.6) is 0 Å². The summed E-state index contributed by atoms with van der Waals surface area (Å²) >= 11 is 1.81. The summed E-state index contributed by atoms with van der Waals surface area (Å²) in [6.45, 7) is 4.01. The molecule has 1 aromatic carbocycles. The van der Waals surface area contributed by atoms with E-state index in [1.807, 2.05) is 30.8 Å². The number of hydrogen-bond donors (Lipinski definition) is 1. The van der Waals surface area contributed by atoms with Gasteiger partial charge >= 0.3 is 0 Å². The van der Waals surface area contributed by atoms with Gasteiger partial charge in [0.2, 0.25) is 0 Å². The van der Waals surface area contributed by atoms with Gasteiger partial charge in [-0.05, 0) is 49.6 Å². The van der Waals surface area contributed by atoms with Crippen LogP contribution in [0.4, 0.5) is 0 Å². The fourth-order valence-electron chi connectivity index (χ4n) is 1.91. The molecule has 0 aliphatic rings. The molecule has 0 radical (unpaired) electrons. The minimum absolute atomic E-state index is 0.0387. The molecule has 2 atom stereocenters. The third kappa shape index (κ3) is 6.13. The Morgan fingerprint density at radius 1 is 1.26 bits per heavy atom. The van der Waals surface area contributed by atoms with Crippen LogP contribution in [-0.4, -0.2) is 17.0 Å². The van der Waals surface area contributed by atoms with Crippen molar-refractivity contribution < 1.29 is 5.11 Å². The molecule has 19 heavy (non-hydrogen) atoms. The molecule has 0 heterocycles. The number of nitrogens with zero attached hydrogens (tertiary/aromatic N) is 1. The summed E-state index contributed by atoms with van der Waals surface area (Å²) in [6.07, 6.45) is 3.76. The highest BCUT2D eigenvalue weighted by Crippen LogP contribution is 2.23. The van der Waals surface area contributed by atoms with E-state index in [-0.39, 0.29) is 12.0 Å². The van der Waals surface area contributed by atoms with Crippen molar-refractivity contribution in [2.75, 3.05) is 5.75 Å². The average Bonchev–Trinajstić information content (AvgIpc) is 2.44. The van der Waals surface area contributed by atoms with Crippen LogP contribution in [0.15, 0.2) is 29.2 Å². The normalized spacial score (nSPS) is 13.8. The van der Waals surface area contributed by atoms with Crippen molar-refractivity contribution in [2.45, 2.75) is 56.4 Å². The lowest BCUT2D eigenvalue weighted by Crippen LogP contribution is -2.05. The number of rotatable bonds is 8. The molecule has 0 saturated carbocycles. The van der Waals surface area contributed by atoms with E-state index in [9.17, 15) is 5.11 Å². The fourth-order valence-corrected chi connectivity index (χ4v) is 2.79. The number of thioether (sulfide) groups is 1. The van der Waals surface area contributed by atoms with Gasteiger partial charge in [0.05, 0.1) is 18.1 Å². The molecule has 1 rings (SSSR count). The average molecular weight is 277 g/mol. The highest BCUT2D eigenvalue weighted by atomic mass is 32.2. The molecule has 1 unspecified atom stereocenters. The molecule has 3 heteroatoms. The molecular formula is C16H23NOS. The van der Waals surface area contributed by atoms with Crippen LogP contribution in [-0.2, 0) is 0 Å². The SMILES string of the molecule is CCC[C@@H](O)CCCSc1ccc(C(C)C#N)cc1. The highest BCUT2D eigenvalue weighted by molar-refractivity contribution is 7.99. The van der Waals surface area contributed by atoms with Gasteiger partial charge in [0.25, 0.3) is 0 Å². The van der Waals surface area contributed by atoms with Crippen LogP contribution in [0, 0.1) is 11.3 Å². The number of hydrogen-bond acceptors (Lipinski definition) is 3. The predicted molar refractivity (Wildman–Crippen MR) is 81.3 cm³/mol. The third-order valence-corrected chi connectivity index (χ3v) is 4.24. The summed E-state index contributed by atoms with van der Waals surface area (Å²) in [5, 5.41) is 18.5. The largest absolute Gasteiger partial charge is 0.393 e. The standard InChI is InChI=1S/C16H23NOS/c1-3-5-15(18)6-4-11-19-16-9-7-14(8-10-16)13(2)12-17/h7-10,13,15,18H,3-6,11H2,1-2H3/t13?,15-/m1/s1. The Morgan fingerprint density at radius 2 is 1.95 bits per heavy atom. The van der Waals surface area contributed by atoms with Gasteiger partial charge in [-0.1, -0.05) is 25.5 Å². The first-order valence-electron chi connectivity index (χ1n) is 6.97. The van der Waals surface area contributed by atoms with Gasteiger partial charge < -0.3 is 5.11 Å². The predicted octanol–water partition coefficient (Wildman–Crippen LogP) is 4.35. The van der Waals surface area contributed by atoms with Gasteiger partial charge in [0, 0.05) is 4.90 Å². The number of nitriles is 1. The molecule has 0 spiro atoms. The van der Waals surface area contributed by atoms with Crippen molar-refractivity contribution in [1.29, 1.82) is 5.26 Å². The lowest BCUT2D eigenvalue weighted by molar-refractivity contribution is 0.153. The zero-order valence-electron chi connectivity index (χ0n) is 11.8. The summed E-state index contributed by atoms with van der Waals surface area (Å²) < 4.78 is 0. The van der Waals surface area contributed by atoms with Crippen LogP contribution >= 0.6 is 11.8 Å². The maximum absolute atomic E-state index is 9.63. The molecule has 0 saturated heterocycles. The van der Waals surface area contributed by atoms with Crippen molar-refractivity contribution in [3.63, 3.8) is 0 Å². The summed E-state index contributed by atoms with van der Waals surface area (Å²) in [6, 6.07) is 10.5. The smallest absolute Gasteiger partial charge is 0.0700 e. The lowest BCUT2D eigenvalue weighted by Gasteiger charge is -2.09. The molecule has 0 aliphatic carbocycles. The molecule has 0 aliphatic heterocycles. The molecule has 104 valence electrons. The summed E-state index contributed by atoms with van der Waals surface area (Å²) in [5.41, 5.74) is 1.07. The fraction of sp³-hybridized carbons (Fsp3) is 0.562. The number of benzene rings is 1. The van der Waals surface area contributed by atoms with Crippen LogP contribution in [0.3, 0.4) is 0 Å². The second-order valence-electron chi connectivity index (χ2n) is 4.85. The molecule has 0 aromatic heterocycles. The molecule has 2 nitrogen and oxygen atoms in total. The van der Waals surface area contributed by atoms with Gasteiger partial charge in [0.1, 0.15) is 0 Å². The molecule has 1 N–H and O–H groups in total. The first kappa shape index (κ1) is 16.1. The van der Waals surface area contributed by atoms with E-state index >= 15 is 0 Å². The maximum Gasteiger partial charge on any atom is 0.0700 e. The van der Waals surface area contributed by atoms with E-state index in [0.29, 0.717) is 0 Å². The van der Waals surface area contributed by atoms with E-state index in [1.54, 1.807) is 0 Å². The summed E-state index contributed by atoms with van der Waals surface area (Å²) in [5.74, 6) is 0.997. The lowest BCUT2D eigenvalue weighted by atomic mass is 10.0. The van der Waals surface area contributed by atoms with E-state index in [4.69, 9.17) is 5.26 Å². The Hall–Kier alpha value is -0.980. The van der Waals surface area contributed by atoms with Gasteiger partial charge in [-0.2, -0.15) is 5.26 Å². The van der Waals surface area contributed by atoms with Gasteiger partial charge in [-0.3, -0.25) is 0 Å². The van der Waals surface area contributed by atoms with Crippen LogP contribution < -0.4 is 0 Å². The topological polar surface area (TPSA) is 44.0 Å². The Bertz CT molecular complexity index is 396. The van der Waals surface area contributed by atoms with Crippen molar-refractivity contribution in [3.8, 4) is 6.07 Å². The Labute approximate surface area is 120 Å². The monoisotopic (exact) mass is 277 g/mol. The number of aliphatic hydroxyl groups excluding tert-OH is 1. The van der Waals surface area contributed by atoms with E-state index in [0.717, 1.165) is 37.0 Å². The second-order valence-corrected chi connectivity index (χ2v) is 6.02. The van der Waals surface area contributed by atoms with Crippen molar-refractivity contribution in [3.05, 3.63) is 29.8 Å². The first-order valence-corrected chi connectivity index (χ1v) is 7.96. The van der Waals surface area contributed by atoms with Crippen LogP contribution in [0.2, 0.25) is 0 Å². The Balaban J connectivity index is 2.29. The Morgan fingerprint density at radius 3 is 2.53 bits per heavy atom. The van der Waals surface area contributed by atoms with Gasteiger partial charge in [-0.15, -0.1) is 11.8 Å². The maximum atomic E-state index is 9.63. The molecule has 0 amide bonds. The minimum Gasteiger partial charge on any atom is -0.393 e. The zero-order valence-corrected chi connectivity index (χ0v) is 12.6. The van der Waals surface area contributed by atoms with Crippen molar-refractivity contribution in [1.82, 2.24) is 0 Å². The molecule has 0 bridgehead atoms. The Kier molecular flexibility index (Phi) is 7.62. The first-order chi connectivity index (χ1) is 9.17. The molecule has 0 fully saturated rings. The third-order valence-electron chi connectivity index (χ3n) is 3.15. The quantitative estimate of drug-likeness (QED) is 0.567. The summed E-state index contributed by atoms with van der Waals surface area (Å²) in [4.78, 5) is 1.24. The van der Waals surface area contributed by atoms with Crippen LogP contribution in [0.1, 0.15) is 51.0 Å². The van der Waals surface area contributed by atoms with Crippen LogP contribution in [0.25, 0.3) is 0 Å².